The third-order valence-electron chi connectivity index (χ3n) is 2.10. The number of carboxylic acid groups (broad SMARTS) is 1. The van der Waals surface area contributed by atoms with E-state index in [0.717, 1.165) is 0 Å². The van der Waals surface area contributed by atoms with Gasteiger partial charge >= 0.3 is 5.97 Å². The van der Waals surface area contributed by atoms with Crippen LogP contribution in [-0.2, 0) is 4.79 Å². The zero-order valence-corrected chi connectivity index (χ0v) is 8.73. The molecule has 16 heavy (non-hydrogen) atoms. The number of amides is 1. The largest absolute Gasteiger partial charge is 0.480 e. The van der Waals surface area contributed by atoms with Gasteiger partial charge in [0.25, 0.3) is 5.91 Å². The molecular formula is C9H13N3O4. The van der Waals surface area contributed by atoms with Crippen LogP contribution in [0.5, 0.6) is 0 Å². The van der Waals surface area contributed by atoms with Crippen molar-refractivity contribution in [3.05, 3.63) is 17.5 Å². The first-order chi connectivity index (χ1) is 7.56. The van der Waals surface area contributed by atoms with E-state index in [0.29, 0.717) is 11.3 Å². The molecular weight excluding hydrogens is 214 g/mol. The minimum absolute atomic E-state index is 0.0298. The van der Waals surface area contributed by atoms with Crippen molar-refractivity contribution in [3.63, 3.8) is 0 Å². The Kier molecular flexibility index (Phi) is 4.01. The number of aromatic nitrogens is 2. The number of aliphatic hydroxyl groups is 1. The van der Waals surface area contributed by atoms with Crippen molar-refractivity contribution >= 4 is 11.9 Å². The Balaban J connectivity index is 2.69. The van der Waals surface area contributed by atoms with E-state index in [1.165, 1.54) is 6.20 Å². The summed E-state index contributed by atoms with van der Waals surface area (Å²) < 4.78 is 0. The molecule has 88 valence electrons. The number of nitrogens with one attached hydrogen (secondary N) is 2. The minimum Gasteiger partial charge on any atom is -0.480 e. The van der Waals surface area contributed by atoms with Gasteiger partial charge in [-0.15, -0.1) is 0 Å². The molecule has 1 aromatic heterocycles. The highest BCUT2D eigenvalue weighted by Gasteiger charge is 2.21. The van der Waals surface area contributed by atoms with Crippen molar-refractivity contribution < 1.29 is 19.8 Å². The van der Waals surface area contributed by atoms with Gasteiger partial charge in [0.2, 0.25) is 0 Å². The van der Waals surface area contributed by atoms with Crippen LogP contribution in [0.15, 0.2) is 6.20 Å². The average Bonchev–Trinajstić information content (AvgIpc) is 2.63. The van der Waals surface area contributed by atoms with Gasteiger partial charge in [-0.3, -0.25) is 9.89 Å². The molecule has 0 radical (unpaired) electrons. The Morgan fingerprint density at radius 2 is 2.31 bits per heavy atom. The molecule has 0 aliphatic carbocycles. The lowest BCUT2D eigenvalue weighted by molar-refractivity contribution is -0.139. The van der Waals surface area contributed by atoms with E-state index in [9.17, 15) is 9.59 Å². The Labute approximate surface area is 91.5 Å². The van der Waals surface area contributed by atoms with E-state index in [1.807, 2.05) is 0 Å². The molecule has 7 nitrogen and oxygen atoms in total. The number of carbonyl (C=O) groups excluding carboxylic acids is 1. The number of hydrogen-bond donors (Lipinski definition) is 4. The van der Waals surface area contributed by atoms with Crippen molar-refractivity contribution in [1.29, 1.82) is 0 Å². The van der Waals surface area contributed by atoms with Gasteiger partial charge in [0, 0.05) is 18.7 Å². The van der Waals surface area contributed by atoms with E-state index in [4.69, 9.17) is 10.2 Å². The molecule has 0 unspecified atom stereocenters. The fourth-order valence-corrected chi connectivity index (χ4v) is 1.20. The van der Waals surface area contributed by atoms with Crippen molar-refractivity contribution in [3.8, 4) is 0 Å². The number of carbonyl (C=O) groups is 2. The molecule has 4 N–H and O–H groups in total. The number of aliphatic hydroxyl groups excluding tert-OH is 1. The van der Waals surface area contributed by atoms with E-state index in [2.05, 4.69) is 15.5 Å². The fourth-order valence-electron chi connectivity index (χ4n) is 1.20. The molecule has 0 saturated carbocycles. The van der Waals surface area contributed by atoms with Gasteiger partial charge in [-0.2, -0.15) is 5.10 Å². The molecule has 7 heteroatoms. The number of hydrogen-bond acceptors (Lipinski definition) is 4. The molecule has 1 heterocycles. The van der Waals surface area contributed by atoms with Crippen molar-refractivity contribution in [2.75, 3.05) is 6.61 Å². The molecule has 1 rings (SSSR count). The summed E-state index contributed by atoms with van der Waals surface area (Å²) in [4.78, 5) is 22.3. The van der Waals surface area contributed by atoms with Crippen molar-refractivity contribution in [1.82, 2.24) is 15.5 Å². The second kappa shape index (κ2) is 5.26. The number of aliphatic carboxylic acids is 1. The predicted octanol–water partition coefficient (Wildman–Crippen LogP) is -0.716. The van der Waals surface area contributed by atoms with E-state index < -0.39 is 17.9 Å². The van der Waals surface area contributed by atoms with Gasteiger partial charge in [-0.05, 0) is 6.92 Å². The van der Waals surface area contributed by atoms with Crippen LogP contribution in [0.3, 0.4) is 0 Å². The number of rotatable bonds is 5. The number of aryl methyl sites for hydroxylation is 1. The third kappa shape index (κ3) is 2.80. The predicted molar refractivity (Wildman–Crippen MR) is 53.9 cm³/mol. The quantitative estimate of drug-likeness (QED) is 0.530. The van der Waals surface area contributed by atoms with E-state index in [-0.39, 0.29) is 13.0 Å². The standard InChI is InChI=1S/C9H13N3O4/c1-5-6(4-10-12-5)8(14)11-7(2-3-13)9(15)16/h4,7,13H,2-3H2,1H3,(H,10,12)(H,11,14)(H,15,16)/t7-/m1/s1. The third-order valence-corrected chi connectivity index (χ3v) is 2.10. The van der Waals surface area contributed by atoms with Crippen LogP contribution >= 0.6 is 0 Å². The van der Waals surface area contributed by atoms with Crippen LogP contribution in [0.25, 0.3) is 0 Å². The second-order valence-corrected chi connectivity index (χ2v) is 3.29. The van der Waals surface area contributed by atoms with Crippen molar-refractivity contribution in [2.24, 2.45) is 0 Å². The molecule has 1 atom stereocenters. The fraction of sp³-hybridized carbons (Fsp3) is 0.444. The van der Waals surface area contributed by atoms with E-state index in [1.54, 1.807) is 6.92 Å². The lowest BCUT2D eigenvalue weighted by Crippen LogP contribution is -2.41. The lowest BCUT2D eigenvalue weighted by Gasteiger charge is -2.12. The van der Waals surface area contributed by atoms with Gasteiger partial charge in [-0.25, -0.2) is 4.79 Å². The van der Waals surface area contributed by atoms with E-state index >= 15 is 0 Å². The topological polar surface area (TPSA) is 115 Å². The molecule has 0 aliphatic heterocycles. The number of aromatic amines is 1. The van der Waals surface area contributed by atoms with Crippen LogP contribution in [0.4, 0.5) is 0 Å². The lowest BCUT2D eigenvalue weighted by atomic mass is 10.2. The van der Waals surface area contributed by atoms with Crippen LogP contribution in [-0.4, -0.2) is 44.9 Å². The molecule has 0 saturated heterocycles. The monoisotopic (exact) mass is 227 g/mol. The summed E-state index contributed by atoms with van der Waals surface area (Å²) in [6, 6.07) is -1.09. The summed E-state index contributed by atoms with van der Waals surface area (Å²) in [6.07, 6.45) is 1.29. The first kappa shape index (κ1) is 12.2. The van der Waals surface area contributed by atoms with Gasteiger partial charge in [0.1, 0.15) is 6.04 Å². The summed E-state index contributed by atoms with van der Waals surface area (Å²) >= 11 is 0. The first-order valence-corrected chi connectivity index (χ1v) is 4.70. The first-order valence-electron chi connectivity index (χ1n) is 4.70. The number of carboxylic acids is 1. The maximum atomic E-state index is 11.6. The zero-order valence-electron chi connectivity index (χ0n) is 8.73. The second-order valence-electron chi connectivity index (χ2n) is 3.29. The Bertz CT molecular complexity index is 388. The molecule has 0 fully saturated rings. The van der Waals surface area contributed by atoms with Gasteiger partial charge in [-0.1, -0.05) is 0 Å². The molecule has 1 aromatic rings. The summed E-state index contributed by atoms with van der Waals surface area (Å²) in [6.45, 7) is 1.35. The summed E-state index contributed by atoms with van der Waals surface area (Å²) in [5.74, 6) is -1.70. The average molecular weight is 227 g/mol. The normalized spacial score (nSPS) is 12.1. The van der Waals surface area contributed by atoms with Crippen LogP contribution in [0.1, 0.15) is 22.5 Å². The number of H-pyrrole nitrogens is 1. The molecule has 0 spiro atoms. The SMILES string of the molecule is Cc1[nH]ncc1C(=O)N[C@H](CCO)C(=O)O. The van der Waals surface area contributed by atoms with Crippen LogP contribution in [0.2, 0.25) is 0 Å². The summed E-state index contributed by atoms with van der Waals surface area (Å²) in [5.41, 5.74) is 0.856. The molecule has 0 aromatic carbocycles. The highest BCUT2D eigenvalue weighted by Crippen LogP contribution is 2.03. The maximum Gasteiger partial charge on any atom is 0.326 e. The zero-order chi connectivity index (χ0) is 12.1. The number of nitrogens with zero attached hydrogens (tertiary/aromatic N) is 1. The smallest absolute Gasteiger partial charge is 0.326 e. The molecule has 0 bridgehead atoms. The molecule has 1 amide bonds. The van der Waals surface area contributed by atoms with Gasteiger partial charge < -0.3 is 15.5 Å². The minimum atomic E-state index is -1.18. The van der Waals surface area contributed by atoms with Crippen LogP contribution < -0.4 is 5.32 Å². The van der Waals surface area contributed by atoms with Crippen LogP contribution in [0, 0.1) is 6.92 Å². The Morgan fingerprint density at radius 1 is 1.62 bits per heavy atom. The highest BCUT2D eigenvalue weighted by atomic mass is 16.4. The van der Waals surface area contributed by atoms with Crippen molar-refractivity contribution in [2.45, 2.75) is 19.4 Å². The molecule has 0 aliphatic rings. The van der Waals surface area contributed by atoms with Gasteiger partial charge in [0.05, 0.1) is 11.8 Å². The van der Waals surface area contributed by atoms with Gasteiger partial charge in [0.15, 0.2) is 0 Å². The highest BCUT2D eigenvalue weighted by molar-refractivity contribution is 5.97. The summed E-state index contributed by atoms with van der Waals surface area (Å²) in [7, 11) is 0. The Morgan fingerprint density at radius 3 is 2.75 bits per heavy atom. The Hall–Kier alpha value is -1.89. The maximum absolute atomic E-state index is 11.6. The summed E-state index contributed by atoms with van der Waals surface area (Å²) in [5, 5.41) is 26.0.